The molecule has 0 radical (unpaired) electrons. The number of allylic oxidation sites excluding steroid dienone is 1. The fourth-order valence-corrected chi connectivity index (χ4v) is 5.27. The van der Waals surface area contributed by atoms with Gasteiger partial charge in [0.2, 0.25) is 0 Å². The predicted molar refractivity (Wildman–Crippen MR) is 148 cm³/mol. The number of hydrogen-bond acceptors (Lipinski definition) is 7. The van der Waals surface area contributed by atoms with E-state index in [0.717, 1.165) is 5.56 Å². The molecule has 8 heteroatoms. The Morgan fingerprint density at radius 2 is 1.76 bits per heavy atom. The third-order valence-corrected chi connectivity index (χ3v) is 7.09. The minimum atomic E-state index is -0.764. The highest BCUT2D eigenvalue weighted by atomic mass is 32.1. The average Bonchev–Trinajstić information content (AvgIpc) is 3.16. The van der Waals surface area contributed by atoms with E-state index in [0.29, 0.717) is 26.3 Å². The van der Waals surface area contributed by atoms with Crippen molar-refractivity contribution < 1.29 is 19.1 Å². The number of carbonyl (C=O) groups is 2. The van der Waals surface area contributed by atoms with Gasteiger partial charge in [0.25, 0.3) is 5.56 Å². The van der Waals surface area contributed by atoms with Gasteiger partial charge in [-0.05, 0) is 47.2 Å². The second-order valence-electron chi connectivity index (χ2n) is 10.0. The maximum absolute atomic E-state index is 13.8. The summed E-state index contributed by atoms with van der Waals surface area (Å²) < 4.78 is 12.5. The maximum Gasteiger partial charge on any atom is 0.338 e. The molecule has 1 atom stereocenters. The Morgan fingerprint density at radius 3 is 2.34 bits per heavy atom. The molecule has 1 aromatic heterocycles. The molecule has 0 fully saturated rings. The topological polar surface area (TPSA) is 87.0 Å². The molecule has 2 aromatic carbocycles. The Kier molecular flexibility index (Phi) is 7.64. The molecule has 0 bridgehead atoms. The summed E-state index contributed by atoms with van der Waals surface area (Å²) >= 11 is 1.27. The number of hydrogen-bond donors (Lipinski definition) is 0. The Balaban J connectivity index is 1.85. The lowest BCUT2D eigenvalue weighted by Gasteiger charge is -2.24. The number of fused-ring (bicyclic) bond motifs is 1. The zero-order valence-electron chi connectivity index (χ0n) is 22.1. The van der Waals surface area contributed by atoms with Crippen LogP contribution in [0, 0.1) is 0 Å². The van der Waals surface area contributed by atoms with Gasteiger partial charge >= 0.3 is 11.9 Å². The normalized spacial score (nSPS) is 15.5. The molecule has 0 aliphatic carbocycles. The van der Waals surface area contributed by atoms with Crippen LogP contribution in [0.1, 0.15) is 57.4 Å². The third-order valence-electron chi connectivity index (χ3n) is 6.11. The standard InChI is InChI=1S/C30H30N2O5S/c1-7-16-36-28(35)25-18(2)31-29-32(26(25)21-10-14-23(15-11-21)37-19(3)33)27(34)24(38-29)17-20-8-12-22(13-9-20)30(4,5)6/h7-15,17,26H,1,16H2,2-6H3. The molecule has 1 aliphatic rings. The average molecular weight is 531 g/mol. The first-order valence-corrected chi connectivity index (χ1v) is 13.0. The van der Waals surface area contributed by atoms with Crippen LogP contribution in [0.2, 0.25) is 0 Å². The first-order chi connectivity index (χ1) is 18.0. The second-order valence-corrected chi connectivity index (χ2v) is 11.0. The van der Waals surface area contributed by atoms with Crippen molar-refractivity contribution in [1.82, 2.24) is 4.57 Å². The zero-order valence-corrected chi connectivity index (χ0v) is 22.9. The SMILES string of the molecule is C=CCOC(=O)C1=C(C)N=c2sc(=Cc3ccc(C(C)(C)C)cc3)c(=O)n2C1c1ccc(OC(C)=O)cc1. The van der Waals surface area contributed by atoms with Crippen LogP contribution in [-0.4, -0.2) is 23.1 Å². The summed E-state index contributed by atoms with van der Waals surface area (Å²) in [5, 5.41) is 0. The number of aromatic nitrogens is 1. The number of nitrogens with zero attached hydrogens (tertiary/aromatic N) is 2. The van der Waals surface area contributed by atoms with Crippen molar-refractivity contribution in [2.45, 2.75) is 46.1 Å². The Hall–Kier alpha value is -4.04. The van der Waals surface area contributed by atoms with Crippen LogP contribution in [0.4, 0.5) is 0 Å². The highest BCUT2D eigenvalue weighted by Crippen LogP contribution is 2.31. The largest absolute Gasteiger partial charge is 0.458 e. The van der Waals surface area contributed by atoms with E-state index in [4.69, 9.17) is 9.47 Å². The number of esters is 2. The molecule has 4 rings (SSSR count). The van der Waals surface area contributed by atoms with E-state index in [9.17, 15) is 14.4 Å². The first kappa shape index (κ1) is 27.0. The molecular weight excluding hydrogens is 500 g/mol. The molecule has 7 nitrogen and oxygen atoms in total. The van der Waals surface area contributed by atoms with Crippen LogP contribution in [0.15, 0.2) is 82.2 Å². The minimum absolute atomic E-state index is 0.0248. The van der Waals surface area contributed by atoms with E-state index in [1.54, 1.807) is 31.2 Å². The maximum atomic E-state index is 13.8. The lowest BCUT2D eigenvalue weighted by atomic mass is 9.87. The molecule has 0 N–H and O–H groups in total. The smallest absolute Gasteiger partial charge is 0.338 e. The number of ether oxygens (including phenoxy) is 2. The van der Waals surface area contributed by atoms with Gasteiger partial charge in [0.1, 0.15) is 12.4 Å². The summed E-state index contributed by atoms with van der Waals surface area (Å²) in [5.74, 6) is -0.651. The molecular formula is C30H30N2O5S. The summed E-state index contributed by atoms with van der Waals surface area (Å²) in [4.78, 5) is 43.3. The van der Waals surface area contributed by atoms with Crippen molar-refractivity contribution in [3.05, 3.63) is 109 Å². The van der Waals surface area contributed by atoms with Crippen LogP contribution in [-0.2, 0) is 19.7 Å². The number of rotatable bonds is 6. The molecule has 0 spiro atoms. The molecule has 0 saturated carbocycles. The zero-order chi connectivity index (χ0) is 27.6. The molecule has 3 aromatic rings. The van der Waals surface area contributed by atoms with Gasteiger partial charge in [-0.2, -0.15) is 0 Å². The Morgan fingerprint density at radius 1 is 1.11 bits per heavy atom. The summed E-state index contributed by atoms with van der Waals surface area (Å²) in [6.07, 6.45) is 3.32. The van der Waals surface area contributed by atoms with E-state index < -0.39 is 18.0 Å². The molecule has 0 saturated heterocycles. The van der Waals surface area contributed by atoms with Gasteiger partial charge in [0, 0.05) is 6.92 Å². The lowest BCUT2D eigenvalue weighted by molar-refractivity contribution is -0.138. The summed E-state index contributed by atoms with van der Waals surface area (Å²) in [5.41, 5.74) is 3.25. The van der Waals surface area contributed by atoms with Crippen molar-refractivity contribution in [1.29, 1.82) is 0 Å². The van der Waals surface area contributed by atoms with Crippen LogP contribution < -0.4 is 19.6 Å². The molecule has 38 heavy (non-hydrogen) atoms. The fourth-order valence-electron chi connectivity index (χ4n) is 4.23. The number of benzene rings is 2. The minimum Gasteiger partial charge on any atom is -0.458 e. The van der Waals surface area contributed by atoms with E-state index in [1.807, 2.05) is 18.2 Å². The predicted octanol–water partition coefficient (Wildman–Crippen LogP) is 4.19. The summed E-state index contributed by atoms with van der Waals surface area (Å²) in [7, 11) is 0. The van der Waals surface area contributed by atoms with E-state index in [-0.39, 0.29) is 23.2 Å². The van der Waals surface area contributed by atoms with E-state index >= 15 is 0 Å². The van der Waals surface area contributed by atoms with Crippen molar-refractivity contribution in [3.63, 3.8) is 0 Å². The lowest BCUT2D eigenvalue weighted by Crippen LogP contribution is -2.39. The van der Waals surface area contributed by atoms with Gasteiger partial charge in [0.05, 0.1) is 21.8 Å². The van der Waals surface area contributed by atoms with Gasteiger partial charge in [-0.3, -0.25) is 14.2 Å². The van der Waals surface area contributed by atoms with Gasteiger partial charge in [-0.25, -0.2) is 9.79 Å². The summed E-state index contributed by atoms with van der Waals surface area (Å²) in [6, 6.07) is 14.1. The monoisotopic (exact) mass is 530 g/mol. The van der Waals surface area contributed by atoms with Gasteiger partial charge < -0.3 is 9.47 Å². The molecule has 1 unspecified atom stereocenters. The van der Waals surface area contributed by atoms with Crippen molar-refractivity contribution in [2.24, 2.45) is 4.99 Å². The molecule has 1 aliphatic heterocycles. The molecule has 2 heterocycles. The van der Waals surface area contributed by atoms with Crippen LogP contribution in [0.5, 0.6) is 5.75 Å². The van der Waals surface area contributed by atoms with Gasteiger partial charge in [-0.15, -0.1) is 0 Å². The molecule has 196 valence electrons. The van der Waals surface area contributed by atoms with Crippen LogP contribution >= 0.6 is 11.3 Å². The highest BCUT2D eigenvalue weighted by Gasteiger charge is 2.33. The fraction of sp³-hybridized carbons (Fsp3) is 0.267. The van der Waals surface area contributed by atoms with Gasteiger partial charge in [0.15, 0.2) is 4.80 Å². The van der Waals surface area contributed by atoms with E-state index in [1.165, 1.54) is 34.5 Å². The van der Waals surface area contributed by atoms with Crippen LogP contribution in [0.25, 0.3) is 6.08 Å². The van der Waals surface area contributed by atoms with Crippen molar-refractivity contribution >= 4 is 29.4 Å². The summed E-state index contributed by atoms with van der Waals surface area (Å²) in [6.45, 7) is 13.1. The number of thiazole rings is 1. The van der Waals surface area contributed by atoms with Gasteiger partial charge in [-0.1, -0.05) is 81.2 Å². The Bertz CT molecular complexity index is 1600. The molecule has 0 amide bonds. The van der Waals surface area contributed by atoms with Crippen LogP contribution in [0.3, 0.4) is 0 Å². The van der Waals surface area contributed by atoms with Crippen molar-refractivity contribution in [2.75, 3.05) is 6.61 Å². The second kappa shape index (κ2) is 10.8. The first-order valence-electron chi connectivity index (χ1n) is 12.2. The Labute approximate surface area is 225 Å². The number of carbonyl (C=O) groups excluding carboxylic acids is 2. The van der Waals surface area contributed by atoms with E-state index in [2.05, 4.69) is 44.5 Å². The third kappa shape index (κ3) is 5.60. The van der Waals surface area contributed by atoms with Crippen molar-refractivity contribution in [3.8, 4) is 5.75 Å². The quantitative estimate of drug-likeness (QED) is 0.271. The highest BCUT2D eigenvalue weighted by molar-refractivity contribution is 7.07.